The van der Waals surface area contributed by atoms with Crippen LogP contribution in [0.15, 0.2) is 12.4 Å². The first kappa shape index (κ1) is 12.6. The van der Waals surface area contributed by atoms with Gasteiger partial charge in [0.25, 0.3) is 0 Å². The number of aromatic nitrogens is 2. The molecule has 1 saturated carbocycles. The molecule has 0 saturated heterocycles. The van der Waals surface area contributed by atoms with Crippen LogP contribution in [0.4, 0.5) is 5.95 Å². The zero-order chi connectivity index (χ0) is 12.3. The highest BCUT2D eigenvalue weighted by atomic mass is 35.5. The van der Waals surface area contributed by atoms with Crippen LogP contribution in [0.2, 0.25) is 5.02 Å². The van der Waals surface area contributed by atoms with Crippen molar-refractivity contribution in [1.29, 1.82) is 0 Å². The Morgan fingerprint density at radius 2 is 2.12 bits per heavy atom. The number of hydrogen-bond acceptors (Lipinski definition) is 4. The molecule has 0 bridgehead atoms. The second-order valence-electron chi connectivity index (χ2n) is 4.48. The summed E-state index contributed by atoms with van der Waals surface area (Å²) in [6.07, 6.45) is 6.95. The molecule has 2 atom stereocenters. The predicted molar refractivity (Wildman–Crippen MR) is 70.2 cm³/mol. The monoisotopic (exact) mass is 254 g/mol. The van der Waals surface area contributed by atoms with Gasteiger partial charge in [-0.05, 0) is 32.2 Å². The van der Waals surface area contributed by atoms with Crippen molar-refractivity contribution in [3.05, 3.63) is 17.4 Å². The van der Waals surface area contributed by atoms with Crippen molar-refractivity contribution >= 4 is 17.5 Å². The van der Waals surface area contributed by atoms with Gasteiger partial charge in [0, 0.05) is 12.6 Å². The molecule has 4 nitrogen and oxygen atoms in total. The lowest BCUT2D eigenvalue weighted by molar-refractivity contribution is 0.456. The molecule has 0 amide bonds. The zero-order valence-electron chi connectivity index (χ0n) is 10.1. The fourth-order valence-corrected chi connectivity index (χ4v) is 2.78. The average molecular weight is 255 g/mol. The molecule has 0 aliphatic heterocycles. The Hall–Kier alpha value is -0.870. The van der Waals surface area contributed by atoms with E-state index in [0.29, 0.717) is 17.0 Å². The minimum Gasteiger partial charge on any atom is -0.338 e. The van der Waals surface area contributed by atoms with E-state index in [4.69, 9.17) is 17.3 Å². The molecule has 2 unspecified atom stereocenters. The number of nitrogens with two attached hydrogens (primary N) is 1. The van der Waals surface area contributed by atoms with Crippen molar-refractivity contribution in [1.82, 2.24) is 9.97 Å². The van der Waals surface area contributed by atoms with E-state index in [0.717, 1.165) is 19.0 Å². The summed E-state index contributed by atoms with van der Waals surface area (Å²) < 4.78 is 0. The van der Waals surface area contributed by atoms with Gasteiger partial charge in [-0.15, -0.1) is 0 Å². The molecule has 0 radical (unpaired) electrons. The molecule has 0 spiro atoms. The van der Waals surface area contributed by atoms with Crippen molar-refractivity contribution in [2.45, 2.75) is 32.2 Å². The SMILES string of the molecule is CCN(c1ncc(Cl)cn1)C1CCCC1CN. The molecule has 17 heavy (non-hydrogen) atoms. The average Bonchev–Trinajstić information content (AvgIpc) is 2.81. The molecule has 1 aliphatic rings. The molecule has 1 aromatic rings. The van der Waals surface area contributed by atoms with Crippen LogP contribution in [0, 0.1) is 5.92 Å². The summed E-state index contributed by atoms with van der Waals surface area (Å²) in [6.45, 7) is 3.78. The Bertz CT molecular complexity index is 354. The largest absolute Gasteiger partial charge is 0.338 e. The molecule has 1 fully saturated rings. The third kappa shape index (κ3) is 2.69. The first-order valence-corrected chi connectivity index (χ1v) is 6.58. The molecule has 1 aromatic heterocycles. The van der Waals surface area contributed by atoms with E-state index < -0.39 is 0 Å². The lowest BCUT2D eigenvalue weighted by atomic mass is 10.0. The quantitative estimate of drug-likeness (QED) is 0.894. The van der Waals surface area contributed by atoms with Crippen LogP contribution >= 0.6 is 11.6 Å². The molecule has 0 aromatic carbocycles. The first-order chi connectivity index (χ1) is 8.26. The lowest BCUT2D eigenvalue weighted by Crippen LogP contribution is -2.41. The minimum atomic E-state index is 0.478. The maximum absolute atomic E-state index is 5.83. The van der Waals surface area contributed by atoms with E-state index in [1.54, 1.807) is 12.4 Å². The molecule has 2 N–H and O–H groups in total. The number of hydrogen-bond donors (Lipinski definition) is 1. The van der Waals surface area contributed by atoms with Gasteiger partial charge in [-0.1, -0.05) is 18.0 Å². The van der Waals surface area contributed by atoms with E-state index in [2.05, 4.69) is 21.8 Å². The summed E-state index contributed by atoms with van der Waals surface area (Å²) in [4.78, 5) is 10.9. The number of anilines is 1. The standard InChI is InChI=1S/C12H19ClN4/c1-2-17(11-5-3-4-9(11)6-14)12-15-7-10(13)8-16-12/h7-9,11H,2-6,14H2,1H3. The van der Waals surface area contributed by atoms with Gasteiger partial charge >= 0.3 is 0 Å². The summed E-state index contributed by atoms with van der Waals surface area (Å²) >= 11 is 5.81. The second-order valence-corrected chi connectivity index (χ2v) is 4.92. The van der Waals surface area contributed by atoms with E-state index in [1.807, 2.05) is 0 Å². The normalized spacial score (nSPS) is 23.9. The van der Waals surface area contributed by atoms with Crippen LogP contribution in [-0.4, -0.2) is 29.1 Å². The highest BCUT2D eigenvalue weighted by Gasteiger charge is 2.31. The van der Waals surface area contributed by atoms with Gasteiger partial charge in [0.05, 0.1) is 17.4 Å². The Labute approximate surface area is 107 Å². The topological polar surface area (TPSA) is 55.0 Å². The third-order valence-electron chi connectivity index (χ3n) is 3.53. The number of rotatable bonds is 4. The van der Waals surface area contributed by atoms with Gasteiger partial charge in [-0.25, -0.2) is 9.97 Å². The Morgan fingerprint density at radius 1 is 1.41 bits per heavy atom. The van der Waals surface area contributed by atoms with Gasteiger partial charge in [-0.3, -0.25) is 0 Å². The van der Waals surface area contributed by atoms with Gasteiger partial charge < -0.3 is 10.6 Å². The Morgan fingerprint density at radius 3 is 2.71 bits per heavy atom. The van der Waals surface area contributed by atoms with Crippen molar-refractivity contribution in [2.24, 2.45) is 11.7 Å². The molecule has 1 aliphatic carbocycles. The zero-order valence-corrected chi connectivity index (χ0v) is 10.9. The van der Waals surface area contributed by atoms with Gasteiger partial charge in [0.15, 0.2) is 0 Å². The summed E-state index contributed by atoms with van der Waals surface area (Å²) in [6, 6.07) is 0.478. The van der Waals surface area contributed by atoms with Crippen LogP contribution in [-0.2, 0) is 0 Å². The van der Waals surface area contributed by atoms with E-state index in [1.165, 1.54) is 19.3 Å². The summed E-state index contributed by atoms with van der Waals surface area (Å²) in [5.41, 5.74) is 5.83. The fourth-order valence-electron chi connectivity index (χ4n) is 2.68. The van der Waals surface area contributed by atoms with Crippen molar-refractivity contribution in [3.63, 3.8) is 0 Å². The van der Waals surface area contributed by atoms with Crippen LogP contribution in [0.25, 0.3) is 0 Å². The van der Waals surface area contributed by atoms with Crippen molar-refractivity contribution in [2.75, 3.05) is 18.0 Å². The van der Waals surface area contributed by atoms with Crippen LogP contribution in [0.1, 0.15) is 26.2 Å². The smallest absolute Gasteiger partial charge is 0.225 e. The molecular formula is C12H19ClN4. The van der Waals surface area contributed by atoms with Crippen molar-refractivity contribution < 1.29 is 0 Å². The summed E-state index contributed by atoms with van der Waals surface area (Å²) in [5.74, 6) is 1.33. The molecule has 94 valence electrons. The minimum absolute atomic E-state index is 0.478. The highest BCUT2D eigenvalue weighted by molar-refractivity contribution is 6.30. The predicted octanol–water partition coefficient (Wildman–Crippen LogP) is 2.08. The van der Waals surface area contributed by atoms with E-state index in [-0.39, 0.29) is 0 Å². The number of nitrogens with zero attached hydrogens (tertiary/aromatic N) is 3. The third-order valence-corrected chi connectivity index (χ3v) is 3.72. The van der Waals surface area contributed by atoms with Crippen LogP contribution in [0.3, 0.4) is 0 Å². The highest BCUT2D eigenvalue weighted by Crippen LogP contribution is 2.31. The summed E-state index contributed by atoms with van der Waals surface area (Å²) in [5, 5.41) is 0.576. The molecule has 1 heterocycles. The summed E-state index contributed by atoms with van der Waals surface area (Å²) in [7, 11) is 0. The Kier molecular flexibility index (Phi) is 4.18. The van der Waals surface area contributed by atoms with Gasteiger partial charge in [0.2, 0.25) is 5.95 Å². The Balaban J connectivity index is 2.18. The molecule has 2 rings (SSSR count). The molecular weight excluding hydrogens is 236 g/mol. The van der Waals surface area contributed by atoms with Crippen LogP contribution in [0.5, 0.6) is 0 Å². The maximum Gasteiger partial charge on any atom is 0.225 e. The van der Waals surface area contributed by atoms with Crippen LogP contribution < -0.4 is 10.6 Å². The first-order valence-electron chi connectivity index (χ1n) is 6.20. The molecule has 5 heteroatoms. The van der Waals surface area contributed by atoms with Gasteiger partial charge in [0.1, 0.15) is 0 Å². The second kappa shape index (κ2) is 5.65. The van der Waals surface area contributed by atoms with E-state index >= 15 is 0 Å². The van der Waals surface area contributed by atoms with Crippen molar-refractivity contribution in [3.8, 4) is 0 Å². The maximum atomic E-state index is 5.83. The lowest BCUT2D eigenvalue weighted by Gasteiger charge is -2.31. The van der Waals surface area contributed by atoms with E-state index in [9.17, 15) is 0 Å². The fraction of sp³-hybridized carbons (Fsp3) is 0.667. The van der Waals surface area contributed by atoms with Gasteiger partial charge in [-0.2, -0.15) is 0 Å². The number of halogens is 1.